The van der Waals surface area contributed by atoms with E-state index in [1.54, 1.807) is 46.2 Å². The van der Waals surface area contributed by atoms with Gasteiger partial charge in [0.15, 0.2) is 0 Å². The van der Waals surface area contributed by atoms with Crippen LogP contribution in [0.1, 0.15) is 26.5 Å². The second-order valence-corrected chi connectivity index (χ2v) is 5.98. The molecule has 1 aliphatic rings. The Morgan fingerprint density at radius 2 is 1.70 bits per heavy atom. The number of anilines is 1. The first-order valence-corrected chi connectivity index (χ1v) is 8.38. The second kappa shape index (κ2) is 8.10. The molecule has 0 saturated carbocycles. The minimum atomic E-state index is -0.444. The van der Waals surface area contributed by atoms with Crippen LogP contribution in [0.4, 0.5) is 5.69 Å². The number of nitrogens with one attached hydrogen (secondary N) is 1. The van der Waals surface area contributed by atoms with E-state index in [-0.39, 0.29) is 17.3 Å². The van der Waals surface area contributed by atoms with Crippen molar-refractivity contribution in [3.8, 4) is 6.07 Å². The van der Waals surface area contributed by atoms with Crippen molar-refractivity contribution >= 4 is 23.9 Å². The van der Waals surface area contributed by atoms with Gasteiger partial charge in [-0.1, -0.05) is 6.07 Å². The minimum absolute atomic E-state index is 0.122. The number of benzene rings is 1. The maximum Gasteiger partial charge on any atom is 0.274 e. The molecule has 1 aromatic carbocycles. The molecule has 1 N–H and O–H groups in total. The van der Waals surface area contributed by atoms with Gasteiger partial charge >= 0.3 is 0 Å². The Hall–Kier alpha value is -3.73. The third-order valence-corrected chi connectivity index (χ3v) is 4.22. The Labute approximate surface area is 156 Å². The smallest absolute Gasteiger partial charge is 0.274 e. The van der Waals surface area contributed by atoms with E-state index in [1.807, 2.05) is 6.07 Å². The Bertz CT molecular complexity index is 896. The lowest BCUT2D eigenvalue weighted by molar-refractivity contribution is -0.119. The van der Waals surface area contributed by atoms with E-state index in [0.717, 1.165) is 6.41 Å². The number of carbonyl (C=O) groups is 3. The van der Waals surface area contributed by atoms with Crippen molar-refractivity contribution in [2.45, 2.75) is 0 Å². The SMILES string of the molecule is N#Cc1ccc(NC(=O)c2cccc(C(=O)N3CCN(C=O)CC3)n2)cc1. The van der Waals surface area contributed by atoms with Gasteiger partial charge in [-0.3, -0.25) is 14.4 Å². The third-order valence-electron chi connectivity index (χ3n) is 4.22. The zero-order valence-electron chi connectivity index (χ0n) is 14.5. The van der Waals surface area contributed by atoms with Crippen LogP contribution in [0.25, 0.3) is 0 Å². The summed E-state index contributed by atoms with van der Waals surface area (Å²) in [6.07, 6.45) is 0.772. The number of piperazine rings is 1. The van der Waals surface area contributed by atoms with Crippen molar-refractivity contribution in [2.75, 3.05) is 31.5 Å². The van der Waals surface area contributed by atoms with E-state index < -0.39 is 5.91 Å². The molecule has 0 unspecified atom stereocenters. The summed E-state index contributed by atoms with van der Waals surface area (Å²) < 4.78 is 0. The fourth-order valence-electron chi connectivity index (χ4n) is 2.70. The third kappa shape index (κ3) is 4.27. The zero-order chi connectivity index (χ0) is 19.2. The Morgan fingerprint density at radius 3 is 2.33 bits per heavy atom. The van der Waals surface area contributed by atoms with Crippen LogP contribution < -0.4 is 5.32 Å². The Balaban J connectivity index is 1.69. The van der Waals surface area contributed by atoms with Gasteiger partial charge in [0.05, 0.1) is 11.6 Å². The van der Waals surface area contributed by atoms with E-state index >= 15 is 0 Å². The van der Waals surface area contributed by atoms with Crippen LogP contribution in [0.2, 0.25) is 0 Å². The molecule has 27 heavy (non-hydrogen) atoms. The first-order valence-electron chi connectivity index (χ1n) is 8.38. The molecule has 2 aromatic rings. The molecular weight excluding hydrogens is 346 g/mol. The summed E-state index contributed by atoms with van der Waals surface area (Å²) in [6.45, 7) is 1.82. The summed E-state index contributed by atoms with van der Waals surface area (Å²) in [5.74, 6) is -0.714. The monoisotopic (exact) mass is 363 g/mol. The highest BCUT2D eigenvalue weighted by atomic mass is 16.2. The van der Waals surface area contributed by atoms with Crippen molar-refractivity contribution in [1.82, 2.24) is 14.8 Å². The molecule has 3 rings (SSSR count). The van der Waals surface area contributed by atoms with Gasteiger partial charge in [0.2, 0.25) is 6.41 Å². The number of hydrogen-bond donors (Lipinski definition) is 1. The van der Waals surface area contributed by atoms with Gasteiger partial charge in [-0.25, -0.2) is 4.98 Å². The van der Waals surface area contributed by atoms with Crippen LogP contribution >= 0.6 is 0 Å². The molecule has 8 heteroatoms. The van der Waals surface area contributed by atoms with Crippen molar-refractivity contribution in [1.29, 1.82) is 5.26 Å². The first-order chi connectivity index (χ1) is 13.1. The van der Waals surface area contributed by atoms with E-state index in [4.69, 9.17) is 5.26 Å². The standard InChI is InChI=1S/C19H17N5O3/c20-12-14-4-6-15(7-5-14)21-18(26)16-2-1-3-17(22-16)19(27)24-10-8-23(13-25)9-11-24/h1-7,13H,8-11H2,(H,21,26). The summed E-state index contributed by atoms with van der Waals surface area (Å²) in [6, 6.07) is 13.1. The van der Waals surface area contributed by atoms with E-state index in [9.17, 15) is 14.4 Å². The lowest BCUT2D eigenvalue weighted by Gasteiger charge is -2.32. The molecule has 1 saturated heterocycles. The number of rotatable bonds is 4. The molecule has 0 atom stereocenters. The average Bonchev–Trinajstić information content (AvgIpc) is 2.74. The van der Waals surface area contributed by atoms with Crippen molar-refractivity contribution in [3.05, 3.63) is 59.4 Å². The summed E-state index contributed by atoms with van der Waals surface area (Å²) >= 11 is 0. The van der Waals surface area contributed by atoms with Gasteiger partial charge in [-0.2, -0.15) is 5.26 Å². The van der Waals surface area contributed by atoms with Gasteiger partial charge in [-0.05, 0) is 36.4 Å². The van der Waals surface area contributed by atoms with Crippen molar-refractivity contribution in [2.24, 2.45) is 0 Å². The van der Waals surface area contributed by atoms with Crippen molar-refractivity contribution < 1.29 is 14.4 Å². The van der Waals surface area contributed by atoms with Crippen molar-refractivity contribution in [3.63, 3.8) is 0 Å². The number of carbonyl (C=O) groups excluding carboxylic acids is 3. The summed E-state index contributed by atoms with van der Waals surface area (Å²) in [4.78, 5) is 43.2. The largest absolute Gasteiger partial charge is 0.342 e. The first kappa shape index (κ1) is 18.1. The summed E-state index contributed by atoms with van der Waals surface area (Å²) in [5, 5.41) is 11.5. The van der Waals surface area contributed by atoms with Crippen LogP contribution in [-0.2, 0) is 4.79 Å². The number of nitriles is 1. The molecule has 136 valence electrons. The van der Waals surface area contributed by atoms with Gasteiger partial charge in [-0.15, -0.1) is 0 Å². The number of aromatic nitrogens is 1. The van der Waals surface area contributed by atoms with Crippen LogP contribution in [-0.4, -0.2) is 59.2 Å². The Kier molecular flexibility index (Phi) is 5.42. The molecule has 1 aliphatic heterocycles. The predicted octanol–water partition coefficient (Wildman–Crippen LogP) is 1.12. The molecule has 0 bridgehead atoms. The maximum atomic E-state index is 12.6. The topological polar surface area (TPSA) is 106 Å². The second-order valence-electron chi connectivity index (χ2n) is 5.98. The number of nitrogens with zero attached hydrogens (tertiary/aromatic N) is 4. The number of amides is 3. The predicted molar refractivity (Wildman–Crippen MR) is 96.9 cm³/mol. The molecular formula is C19H17N5O3. The summed E-state index contributed by atoms with van der Waals surface area (Å²) in [7, 11) is 0. The molecule has 0 radical (unpaired) electrons. The highest BCUT2D eigenvalue weighted by molar-refractivity contribution is 6.03. The van der Waals surface area contributed by atoms with Gasteiger partial charge in [0.25, 0.3) is 11.8 Å². The van der Waals surface area contributed by atoms with Gasteiger partial charge in [0, 0.05) is 31.9 Å². The fraction of sp³-hybridized carbons (Fsp3) is 0.211. The van der Waals surface area contributed by atoms with E-state index in [0.29, 0.717) is 37.4 Å². The maximum absolute atomic E-state index is 12.6. The molecule has 1 fully saturated rings. The van der Waals surface area contributed by atoms with E-state index in [2.05, 4.69) is 10.3 Å². The fourth-order valence-corrected chi connectivity index (χ4v) is 2.70. The molecule has 1 aromatic heterocycles. The lowest BCUT2D eigenvalue weighted by atomic mass is 10.2. The van der Waals surface area contributed by atoms with E-state index in [1.165, 1.54) is 6.07 Å². The quantitative estimate of drug-likeness (QED) is 0.819. The summed E-state index contributed by atoms with van der Waals surface area (Å²) in [5.41, 5.74) is 1.33. The molecule has 0 aliphatic carbocycles. The normalized spacial score (nSPS) is 13.6. The Morgan fingerprint density at radius 1 is 1.04 bits per heavy atom. The molecule has 8 nitrogen and oxygen atoms in total. The van der Waals surface area contributed by atoms with Crippen LogP contribution in [0, 0.1) is 11.3 Å². The molecule has 2 heterocycles. The van der Waals surface area contributed by atoms with Gasteiger partial charge < -0.3 is 15.1 Å². The highest BCUT2D eigenvalue weighted by Crippen LogP contribution is 2.12. The van der Waals surface area contributed by atoms with Crippen LogP contribution in [0.3, 0.4) is 0 Å². The number of hydrogen-bond acceptors (Lipinski definition) is 5. The van der Waals surface area contributed by atoms with Crippen LogP contribution in [0.5, 0.6) is 0 Å². The lowest BCUT2D eigenvalue weighted by Crippen LogP contribution is -2.48. The van der Waals surface area contributed by atoms with Crippen LogP contribution in [0.15, 0.2) is 42.5 Å². The zero-order valence-corrected chi connectivity index (χ0v) is 14.5. The minimum Gasteiger partial charge on any atom is -0.342 e. The average molecular weight is 363 g/mol. The van der Waals surface area contributed by atoms with Gasteiger partial charge in [0.1, 0.15) is 11.4 Å². The number of pyridine rings is 1. The molecule has 0 spiro atoms. The molecule has 3 amide bonds. The highest BCUT2D eigenvalue weighted by Gasteiger charge is 2.23.